The lowest BCUT2D eigenvalue weighted by atomic mass is 9.96. The summed E-state index contributed by atoms with van der Waals surface area (Å²) in [5.74, 6) is 2.65. The van der Waals surface area contributed by atoms with E-state index in [1.807, 2.05) is 26.2 Å². The fourth-order valence-corrected chi connectivity index (χ4v) is 1.72. The number of aryl methyl sites for hydroxylation is 1. The van der Waals surface area contributed by atoms with Crippen molar-refractivity contribution in [3.05, 3.63) is 18.2 Å². The van der Waals surface area contributed by atoms with Crippen LogP contribution in [0.2, 0.25) is 0 Å². The highest BCUT2D eigenvalue weighted by Crippen LogP contribution is 2.21. The van der Waals surface area contributed by atoms with Gasteiger partial charge in [-0.15, -0.1) is 0 Å². The van der Waals surface area contributed by atoms with E-state index in [0.717, 1.165) is 5.92 Å². The van der Waals surface area contributed by atoms with Gasteiger partial charge >= 0.3 is 0 Å². The molecule has 0 spiro atoms. The Morgan fingerprint density at radius 3 is 2.31 bits per heavy atom. The fourth-order valence-electron chi connectivity index (χ4n) is 1.72. The third kappa shape index (κ3) is 4.82. The van der Waals surface area contributed by atoms with Gasteiger partial charge in [0, 0.05) is 25.4 Å². The van der Waals surface area contributed by atoms with Crippen LogP contribution in [0.25, 0.3) is 0 Å². The fraction of sp³-hybridized carbons (Fsp3) is 0.786. The summed E-state index contributed by atoms with van der Waals surface area (Å²) >= 11 is 0. The van der Waals surface area contributed by atoms with Crippen molar-refractivity contribution in [2.24, 2.45) is 13.0 Å². The number of aromatic nitrogens is 2. The Hall–Kier alpha value is -0.790. The molecule has 0 aromatic carbocycles. The zero-order valence-corrected chi connectivity index (χ0v) is 11.8. The van der Waals surface area contributed by atoms with E-state index < -0.39 is 0 Å². The summed E-state index contributed by atoms with van der Waals surface area (Å²) in [7, 11) is 2.07. The summed E-state index contributed by atoms with van der Waals surface area (Å²) in [4.78, 5) is 4.38. The monoisotopic (exact) mass is 224 g/mol. The van der Waals surface area contributed by atoms with Gasteiger partial charge in [-0.05, 0) is 12.3 Å². The maximum atomic E-state index is 4.38. The smallest absolute Gasteiger partial charge is 0.111 e. The molecule has 2 nitrogen and oxygen atoms in total. The van der Waals surface area contributed by atoms with Crippen LogP contribution in [-0.2, 0) is 7.05 Å². The summed E-state index contributed by atoms with van der Waals surface area (Å²) < 4.78 is 2.13. The largest absolute Gasteiger partial charge is 0.338 e. The first-order valence-electron chi connectivity index (χ1n) is 6.62. The summed E-state index contributed by atoms with van der Waals surface area (Å²) in [5, 5.41) is 0. The van der Waals surface area contributed by atoms with E-state index >= 15 is 0 Å². The second-order valence-electron chi connectivity index (χ2n) is 4.39. The summed E-state index contributed by atoms with van der Waals surface area (Å²) in [6.07, 6.45) is 7.75. The third-order valence-corrected chi connectivity index (χ3v) is 3.09. The average Bonchev–Trinajstić information content (AvgIpc) is 2.74. The molecule has 0 radical (unpaired) electrons. The third-order valence-electron chi connectivity index (χ3n) is 3.09. The Kier molecular flexibility index (Phi) is 7.96. The van der Waals surface area contributed by atoms with Gasteiger partial charge in [0.15, 0.2) is 0 Å². The molecule has 16 heavy (non-hydrogen) atoms. The average molecular weight is 224 g/mol. The van der Waals surface area contributed by atoms with Crippen molar-refractivity contribution in [3.8, 4) is 0 Å². The van der Waals surface area contributed by atoms with Crippen molar-refractivity contribution >= 4 is 0 Å². The van der Waals surface area contributed by atoms with Gasteiger partial charge in [0.1, 0.15) is 5.82 Å². The Morgan fingerprint density at radius 2 is 1.88 bits per heavy atom. The second kappa shape index (κ2) is 8.37. The van der Waals surface area contributed by atoms with E-state index in [4.69, 9.17) is 0 Å². The predicted molar refractivity (Wildman–Crippen MR) is 71.7 cm³/mol. The first-order chi connectivity index (χ1) is 7.65. The van der Waals surface area contributed by atoms with Gasteiger partial charge in [0.05, 0.1) is 0 Å². The highest BCUT2D eigenvalue weighted by atomic mass is 15.0. The minimum Gasteiger partial charge on any atom is -0.338 e. The summed E-state index contributed by atoms with van der Waals surface area (Å²) in [6, 6.07) is 0. The number of nitrogens with zero attached hydrogens (tertiary/aromatic N) is 2. The Morgan fingerprint density at radius 1 is 1.25 bits per heavy atom. The van der Waals surface area contributed by atoms with Gasteiger partial charge in [0.25, 0.3) is 0 Å². The zero-order chi connectivity index (χ0) is 12.6. The molecule has 0 aliphatic rings. The molecule has 0 N–H and O–H groups in total. The van der Waals surface area contributed by atoms with Crippen molar-refractivity contribution in [3.63, 3.8) is 0 Å². The number of imidazole rings is 1. The van der Waals surface area contributed by atoms with Gasteiger partial charge in [-0.1, -0.05) is 47.5 Å². The van der Waals surface area contributed by atoms with Crippen LogP contribution >= 0.6 is 0 Å². The van der Waals surface area contributed by atoms with Crippen molar-refractivity contribution in [2.75, 3.05) is 0 Å². The van der Waals surface area contributed by atoms with E-state index in [-0.39, 0.29) is 0 Å². The molecule has 0 saturated carbocycles. The summed E-state index contributed by atoms with van der Waals surface area (Å²) in [6.45, 7) is 10.9. The first-order valence-corrected chi connectivity index (χ1v) is 6.62. The summed E-state index contributed by atoms with van der Waals surface area (Å²) in [5.41, 5.74) is 0. The molecular formula is C14H28N2. The molecule has 0 saturated heterocycles. The molecule has 1 aromatic rings. The molecule has 1 aromatic heterocycles. The highest BCUT2D eigenvalue weighted by Gasteiger charge is 2.11. The lowest BCUT2D eigenvalue weighted by Gasteiger charge is -2.14. The van der Waals surface area contributed by atoms with Crippen molar-refractivity contribution in [1.29, 1.82) is 0 Å². The zero-order valence-electron chi connectivity index (χ0n) is 11.8. The van der Waals surface area contributed by atoms with Gasteiger partial charge in [-0.3, -0.25) is 0 Å². The number of hydrogen-bond donors (Lipinski definition) is 0. The topological polar surface area (TPSA) is 17.8 Å². The lowest BCUT2D eigenvalue weighted by Crippen LogP contribution is -2.04. The Bertz CT molecular complexity index is 265. The van der Waals surface area contributed by atoms with E-state index in [9.17, 15) is 0 Å². The normalized spacial score (nSPS) is 13.9. The lowest BCUT2D eigenvalue weighted by molar-refractivity contribution is 0.459. The van der Waals surface area contributed by atoms with Crippen LogP contribution in [0.5, 0.6) is 0 Å². The Labute approximate surface area is 101 Å². The standard InChI is InChI=1S/C12H22N2.C2H6/c1-5-10(2)6-7-11(3)12-13-8-9-14(12)4;1-2/h8-11H,5-7H2,1-4H3;1-2H3. The molecule has 1 heterocycles. The van der Waals surface area contributed by atoms with E-state index in [2.05, 4.69) is 37.4 Å². The molecule has 94 valence electrons. The maximum Gasteiger partial charge on any atom is 0.111 e. The molecule has 0 aliphatic heterocycles. The second-order valence-corrected chi connectivity index (χ2v) is 4.39. The molecule has 2 unspecified atom stereocenters. The molecule has 2 heteroatoms. The van der Waals surface area contributed by atoms with Crippen LogP contribution in [0.3, 0.4) is 0 Å². The van der Waals surface area contributed by atoms with Crippen LogP contribution in [-0.4, -0.2) is 9.55 Å². The Balaban J connectivity index is 0.00000106. The number of hydrogen-bond acceptors (Lipinski definition) is 1. The molecule has 0 fully saturated rings. The van der Waals surface area contributed by atoms with Crippen molar-refractivity contribution in [1.82, 2.24) is 9.55 Å². The maximum absolute atomic E-state index is 4.38. The van der Waals surface area contributed by atoms with E-state index in [1.165, 1.54) is 25.1 Å². The SMILES string of the molecule is CC.CCC(C)CCC(C)c1nccn1C. The molecule has 1 rings (SSSR count). The van der Waals surface area contributed by atoms with Gasteiger partial charge in [0.2, 0.25) is 0 Å². The van der Waals surface area contributed by atoms with Crippen LogP contribution in [0.15, 0.2) is 12.4 Å². The molecule has 2 atom stereocenters. The van der Waals surface area contributed by atoms with Crippen LogP contribution in [0.1, 0.15) is 65.6 Å². The van der Waals surface area contributed by atoms with E-state index in [1.54, 1.807) is 0 Å². The van der Waals surface area contributed by atoms with Crippen LogP contribution < -0.4 is 0 Å². The van der Waals surface area contributed by atoms with Gasteiger partial charge in [-0.2, -0.15) is 0 Å². The van der Waals surface area contributed by atoms with Gasteiger partial charge < -0.3 is 4.57 Å². The molecule has 0 amide bonds. The minimum absolute atomic E-state index is 0.587. The van der Waals surface area contributed by atoms with E-state index in [0.29, 0.717) is 5.92 Å². The highest BCUT2D eigenvalue weighted by molar-refractivity contribution is 4.97. The van der Waals surface area contributed by atoms with Crippen molar-refractivity contribution < 1.29 is 0 Å². The molecule has 0 aliphatic carbocycles. The minimum atomic E-state index is 0.587. The van der Waals surface area contributed by atoms with Crippen LogP contribution in [0.4, 0.5) is 0 Å². The predicted octanol–water partition coefficient (Wildman–Crippen LogP) is 4.38. The molecule has 0 bridgehead atoms. The van der Waals surface area contributed by atoms with Crippen molar-refractivity contribution in [2.45, 2.75) is 59.8 Å². The first kappa shape index (κ1) is 15.2. The van der Waals surface area contributed by atoms with Gasteiger partial charge in [-0.25, -0.2) is 4.98 Å². The quantitative estimate of drug-likeness (QED) is 0.726. The number of rotatable bonds is 5. The van der Waals surface area contributed by atoms with Crippen LogP contribution in [0, 0.1) is 5.92 Å². The molecular weight excluding hydrogens is 196 g/mol.